The summed E-state index contributed by atoms with van der Waals surface area (Å²) in [6.45, 7) is 6.89. The molecule has 5 nitrogen and oxygen atoms in total. The van der Waals surface area contributed by atoms with Crippen LogP contribution >= 0.6 is 0 Å². The van der Waals surface area contributed by atoms with Gasteiger partial charge in [0.1, 0.15) is 6.04 Å². The van der Waals surface area contributed by atoms with Crippen LogP contribution in [0.3, 0.4) is 0 Å². The number of esters is 1. The number of methoxy groups -OCH3 is 1. The van der Waals surface area contributed by atoms with Crippen molar-refractivity contribution in [1.29, 1.82) is 0 Å². The highest BCUT2D eigenvalue weighted by Gasteiger charge is 2.39. The molecule has 0 unspecified atom stereocenters. The van der Waals surface area contributed by atoms with Gasteiger partial charge in [0.05, 0.1) is 7.11 Å². The highest BCUT2D eigenvalue weighted by atomic mass is 16.5. The molecular weight excluding hydrogens is 280 g/mol. The van der Waals surface area contributed by atoms with Crippen molar-refractivity contribution < 1.29 is 14.3 Å². The van der Waals surface area contributed by atoms with Gasteiger partial charge >= 0.3 is 5.97 Å². The minimum atomic E-state index is -0.278. The first-order valence-electron chi connectivity index (χ1n) is 8.57. The van der Waals surface area contributed by atoms with E-state index in [-0.39, 0.29) is 29.9 Å². The number of ether oxygens (including phenoxy) is 1. The number of amides is 1. The molecule has 0 radical (unpaired) electrons. The van der Waals surface area contributed by atoms with Crippen LogP contribution in [-0.4, -0.2) is 48.6 Å². The minimum absolute atomic E-state index is 0.00322. The van der Waals surface area contributed by atoms with E-state index in [0.29, 0.717) is 19.0 Å². The van der Waals surface area contributed by atoms with Crippen LogP contribution in [0.4, 0.5) is 0 Å². The molecule has 1 N–H and O–H groups in total. The average molecular weight is 310 g/mol. The quantitative estimate of drug-likeness (QED) is 0.806. The van der Waals surface area contributed by atoms with Crippen LogP contribution < -0.4 is 5.32 Å². The second-order valence-electron chi connectivity index (χ2n) is 7.19. The summed E-state index contributed by atoms with van der Waals surface area (Å²) >= 11 is 0. The molecule has 0 spiro atoms. The molecular formula is C17H30N2O3. The van der Waals surface area contributed by atoms with Crippen LogP contribution in [0, 0.1) is 11.8 Å². The summed E-state index contributed by atoms with van der Waals surface area (Å²) in [4.78, 5) is 26.5. The van der Waals surface area contributed by atoms with Crippen molar-refractivity contribution in [2.45, 2.75) is 71.0 Å². The number of rotatable bonds is 4. The summed E-state index contributed by atoms with van der Waals surface area (Å²) < 4.78 is 4.82. The molecule has 0 bridgehead atoms. The Morgan fingerprint density at radius 3 is 2.32 bits per heavy atom. The van der Waals surface area contributed by atoms with Crippen molar-refractivity contribution in [2.24, 2.45) is 11.8 Å². The molecule has 0 aromatic carbocycles. The Labute approximate surface area is 133 Å². The van der Waals surface area contributed by atoms with Crippen LogP contribution in [-0.2, 0) is 14.3 Å². The van der Waals surface area contributed by atoms with E-state index in [4.69, 9.17) is 4.74 Å². The normalized spacial score (nSPS) is 32.0. The van der Waals surface area contributed by atoms with E-state index in [9.17, 15) is 9.59 Å². The van der Waals surface area contributed by atoms with Gasteiger partial charge in [-0.25, -0.2) is 0 Å². The molecule has 1 amide bonds. The molecule has 2 aliphatic rings. The van der Waals surface area contributed by atoms with E-state index in [0.717, 1.165) is 18.8 Å². The lowest BCUT2D eigenvalue weighted by molar-refractivity contribution is -0.144. The van der Waals surface area contributed by atoms with Crippen molar-refractivity contribution in [3.05, 3.63) is 0 Å². The second kappa shape index (κ2) is 7.44. The van der Waals surface area contributed by atoms with Crippen LogP contribution in [0.5, 0.6) is 0 Å². The number of hydrogen-bond acceptors (Lipinski definition) is 4. The molecule has 2 rings (SSSR count). The summed E-state index contributed by atoms with van der Waals surface area (Å²) in [5, 5.41) is 3.21. The number of carbonyl (C=O) groups excluding carboxylic acids is 2. The summed E-state index contributed by atoms with van der Waals surface area (Å²) in [5.41, 5.74) is 0. The Bertz CT molecular complexity index is 403. The number of hydrogen-bond donors (Lipinski definition) is 1. The van der Waals surface area contributed by atoms with E-state index in [1.54, 1.807) is 0 Å². The zero-order valence-corrected chi connectivity index (χ0v) is 14.3. The van der Waals surface area contributed by atoms with Crippen LogP contribution in [0.2, 0.25) is 0 Å². The maximum absolute atomic E-state index is 12.7. The molecule has 5 heteroatoms. The molecule has 1 aliphatic carbocycles. The molecule has 2 atom stereocenters. The van der Waals surface area contributed by atoms with Crippen LogP contribution in [0.1, 0.15) is 52.9 Å². The van der Waals surface area contributed by atoms with E-state index in [2.05, 4.69) is 17.1 Å². The molecule has 126 valence electrons. The summed E-state index contributed by atoms with van der Waals surface area (Å²) in [6.07, 6.45) is 5.20. The monoisotopic (exact) mass is 310 g/mol. The van der Waals surface area contributed by atoms with Gasteiger partial charge in [-0.15, -0.1) is 0 Å². The summed E-state index contributed by atoms with van der Waals surface area (Å²) in [5.74, 6) is 0.752. The van der Waals surface area contributed by atoms with Gasteiger partial charge in [0.25, 0.3) is 0 Å². The van der Waals surface area contributed by atoms with Crippen molar-refractivity contribution in [2.75, 3.05) is 13.7 Å². The van der Waals surface area contributed by atoms with Gasteiger partial charge in [0.2, 0.25) is 5.91 Å². The predicted molar refractivity (Wildman–Crippen MR) is 85.3 cm³/mol. The third kappa shape index (κ3) is 3.80. The highest BCUT2D eigenvalue weighted by molar-refractivity contribution is 5.80. The van der Waals surface area contributed by atoms with Gasteiger partial charge in [0, 0.05) is 24.5 Å². The highest BCUT2D eigenvalue weighted by Crippen LogP contribution is 2.31. The fourth-order valence-corrected chi connectivity index (χ4v) is 3.73. The van der Waals surface area contributed by atoms with Crippen molar-refractivity contribution >= 4 is 11.9 Å². The standard InChI is InChI=1S/C17H30N2O3/c1-11(2)16(20)19(13-7-5-12(3)6-8-13)14-9-15(18-10-14)17(21)22-4/h11-15,18H,5-10H2,1-4H3/t12?,13?,14-,15-/m0/s1. The van der Waals surface area contributed by atoms with Crippen LogP contribution in [0.25, 0.3) is 0 Å². The number of carbonyl (C=O) groups is 2. The molecule has 1 aliphatic heterocycles. The fraction of sp³-hybridized carbons (Fsp3) is 0.882. The number of nitrogens with one attached hydrogen (secondary N) is 1. The molecule has 1 heterocycles. The Hall–Kier alpha value is -1.10. The Balaban J connectivity index is 2.08. The van der Waals surface area contributed by atoms with Gasteiger partial charge in [-0.1, -0.05) is 20.8 Å². The fourth-order valence-electron chi connectivity index (χ4n) is 3.73. The Kier molecular flexibility index (Phi) is 5.84. The molecule has 2 fully saturated rings. The SMILES string of the molecule is COC(=O)[C@@H]1C[C@H](N(C(=O)C(C)C)C2CCC(C)CC2)CN1. The van der Waals surface area contributed by atoms with Gasteiger partial charge in [-0.05, 0) is 38.0 Å². The van der Waals surface area contributed by atoms with E-state index in [1.807, 2.05) is 13.8 Å². The van der Waals surface area contributed by atoms with Gasteiger partial charge in [0.15, 0.2) is 0 Å². The molecule has 1 saturated heterocycles. The Morgan fingerprint density at radius 2 is 1.77 bits per heavy atom. The molecule has 0 aromatic rings. The van der Waals surface area contributed by atoms with Gasteiger partial charge < -0.3 is 15.0 Å². The molecule has 0 aromatic heterocycles. The summed E-state index contributed by atoms with van der Waals surface area (Å²) in [7, 11) is 1.41. The van der Waals surface area contributed by atoms with Crippen molar-refractivity contribution in [1.82, 2.24) is 10.2 Å². The zero-order chi connectivity index (χ0) is 16.3. The number of nitrogens with zero attached hydrogens (tertiary/aromatic N) is 1. The van der Waals surface area contributed by atoms with Crippen molar-refractivity contribution in [3.8, 4) is 0 Å². The Morgan fingerprint density at radius 1 is 1.14 bits per heavy atom. The first-order chi connectivity index (χ1) is 10.4. The average Bonchev–Trinajstić information content (AvgIpc) is 2.98. The third-order valence-corrected chi connectivity index (χ3v) is 5.11. The smallest absolute Gasteiger partial charge is 0.322 e. The van der Waals surface area contributed by atoms with Crippen LogP contribution in [0.15, 0.2) is 0 Å². The van der Waals surface area contributed by atoms with E-state index in [1.165, 1.54) is 20.0 Å². The van der Waals surface area contributed by atoms with Gasteiger partial charge in [-0.3, -0.25) is 9.59 Å². The summed E-state index contributed by atoms with van der Waals surface area (Å²) in [6, 6.07) is 0.159. The molecule has 1 saturated carbocycles. The lowest BCUT2D eigenvalue weighted by Gasteiger charge is -2.40. The van der Waals surface area contributed by atoms with E-state index >= 15 is 0 Å². The third-order valence-electron chi connectivity index (χ3n) is 5.11. The lowest BCUT2D eigenvalue weighted by atomic mass is 9.85. The lowest BCUT2D eigenvalue weighted by Crippen LogP contribution is -2.50. The first-order valence-corrected chi connectivity index (χ1v) is 8.57. The van der Waals surface area contributed by atoms with E-state index < -0.39 is 0 Å². The second-order valence-corrected chi connectivity index (χ2v) is 7.19. The topological polar surface area (TPSA) is 58.6 Å². The first kappa shape index (κ1) is 17.3. The zero-order valence-electron chi connectivity index (χ0n) is 14.3. The molecule has 22 heavy (non-hydrogen) atoms. The minimum Gasteiger partial charge on any atom is -0.468 e. The predicted octanol–water partition coefficient (Wildman–Crippen LogP) is 1.95. The largest absolute Gasteiger partial charge is 0.468 e. The maximum atomic E-state index is 12.7. The maximum Gasteiger partial charge on any atom is 0.322 e. The van der Waals surface area contributed by atoms with Crippen molar-refractivity contribution in [3.63, 3.8) is 0 Å². The van der Waals surface area contributed by atoms with Gasteiger partial charge in [-0.2, -0.15) is 0 Å².